The number of aromatic amines is 1. The van der Waals surface area contributed by atoms with E-state index in [0.29, 0.717) is 48.0 Å². The second-order valence-corrected chi connectivity index (χ2v) is 8.44. The molecule has 0 saturated heterocycles. The number of halogens is 3. The van der Waals surface area contributed by atoms with Gasteiger partial charge in [-0.15, -0.1) is 18.3 Å². The number of rotatable bonds is 8. The van der Waals surface area contributed by atoms with E-state index in [4.69, 9.17) is 4.74 Å². The van der Waals surface area contributed by atoms with Gasteiger partial charge in [-0.05, 0) is 71.7 Å². The molecule has 0 spiro atoms. The molecule has 1 aliphatic rings. The summed E-state index contributed by atoms with van der Waals surface area (Å²) in [5, 5.41) is 17.0. The molecule has 4 aromatic rings. The molecule has 2 N–H and O–H groups in total. The Hall–Kier alpha value is -4.48. The molecular weight excluding hydrogens is 489 g/mol. The number of hydrogen-bond donors (Lipinski definition) is 2. The van der Waals surface area contributed by atoms with Crippen LogP contribution in [-0.4, -0.2) is 44.5 Å². The summed E-state index contributed by atoms with van der Waals surface area (Å²) in [6.45, 7) is 2.38. The zero-order valence-electron chi connectivity index (χ0n) is 19.5. The molecule has 2 aromatic carbocycles. The summed E-state index contributed by atoms with van der Waals surface area (Å²) in [6, 6.07) is 14.4. The van der Waals surface area contributed by atoms with Gasteiger partial charge in [0.15, 0.2) is 5.82 Å². The van der Waals surface area contributed by atoms with Gasteiger partial charge in [-0.3, -0.25) is 4.79 Å². The van der Waals surface area contributed by atoms with Crippen LogP contribution >= 0.6 is 0 Å². The van der Waals surface area contributed by atoms with Crippen molar-refractivity contribution in [2.75, 3.05) is 11.9 Å². The Balaban J connectivity index is 1.39. The van der Waals surface area contributed by atoms with E-state index < -0.39 is 11.8 Å². The van der Waals surface area contributed by atoms with Crippen molar-refractivity contribution < 1.29 is 27.4 Å². The van der Waals surface area contributed by atoms with Gasteiger partial charge in [0.2, 0.25) is 11.8 Å². The molecule has 0 atom stereocenters. The summed E-state index contributed by atoms with van der Waals surface area (Å²) in [5.41, 5.74) is 2.55. The van der Waals surface area contributed by atoms with Crippen molar-refractivity contribution in [2.24, 2.45) is 0 Å². The van der Waals surface area contributed by atoms with Crippen molar-refractivity contribution >= 4 is 11.6 Å². The highest BCUT2D eigenvalue weighted by atomic mass is 19.4. The summed E-state index contributed by atoms with van der Waals surface area (Å²) in [6.07, 6.45) is -1.95. The van der Waals surface area contributed by atoms with Crippen molar-refractivity contribution in [1.82, 2.24) is 25.6 Å². The predicted octanol–water partition coefficient (Wildman–Crippen LogP) is 4.90. The maximum atomic E-state index is 13.3. The highest BCUT2D eigenvalue weighted by Gasteiger charge is 2.51. The Morgan fingerprint density at radius 1 is 1.08 bits per heavy atom. The minimum atomic E-state index is -4.78. The molecule has 2 heterocycles. The van der Waals surface area contributed by atoms with Crippen molar-refractivity contribution in [1.29, 1.82) is 0 Å². The molecule has 5 rings (SSSR count). The lowest BCUT2D eigenvalue weighted by Gasteiger charge is -2.18. The molecule has 0 unspecified atom stereocenters. The first-order valence-electron chi connectivity index (χ1n) is 11.4. The van der Waals surface area contributed by atoms with E-state index in [0.717, 1.165) is 11.1 Å². The van der Waals surface area contributed by atoms with E-state index in [1.165, 1.54) is 24.3 Å². The van der Waals surface area contributed by atoms with E-state index in [1.807, 2.05) is 19.1 Å². The predicted molar refractivity (Wildman–Crippen MR) is 127 cm³/mol. The van der Waals surface area contributed by atoms with Crippen LogP contribution in [0, 0.1) is 0 Å². The van der Waals surface area contributed by atoms with Gasteiger partial charge in [-0.1, -0.05) is 18.2 Å². The average Bonchev–Trinajstić information content (AvgIpc) is 3.50. The van der Waals surface area contributed by atoms with Crippen LogP contribution in [0.15, 0.2) is 60.8 Å². The molecule has 12 heteroatoms. The van der Waals surface area contributed by atoms with Crippen LogP contribution < -0.4 is 14.8 Å². The van der Waals surface area contributed by atoms with Gasteiger partial charge in [0.05, 0.1) is 12.0 Å². The van der Waals surface area contributed by atoms with E-state index in [1.54, 1.807) is 24.4 Å². The highest BCUT2D eigenvalue weighted by molar-refractivity contribution is 6.02. The largest absolute Gasteiger partial charge is 0.573 e. The molecule has 190 valence electrons. The number of hydrogen-bond acceptors (Lipinski definition) is 7. The number of alkyl halides is 3. The van der Waals surface area contributed by atoms with Crippen LogP contribution in [0.25, 0.3) is 22.5 Å². The molecule has 37 heavy (non-hydrogen) atoms. The first kappa shape index (κ1) is 24.2. The van der Waals surface area contributed by atoms with Gasteiger partial charge in [-0.25, -0.2) is 10.1 Å². The monoisotopic (exact) mass is 510 g/mol. The number of nitrogens with zero attached hydrogens (tertiary/aromatic N) is 4. The lowest BCUT2D eigenvalue weighted by molar-refractivity contribution is -0.274. The highest BCUT2D eigenvalue weighted by Crippen LogP contribution is 2.49. The number of benzene rings is 2. The number of H-pyrrole nitrogens is 1. The van der Waals surface area contributed by atoms with Crippen molar-refractivity contribution in [3.05, 3.63) is 66.4 Å². The summed E-state index contributed by atoms with van der Waals surface area (Å²) in [4.78, 5) is 17.6. The third-order valence-electron chi connectivity index (χ3n) is 6.04. The first-order valence-corrected chi connectivity index (χ1v) is 11.4. The number of amides is 1. The number of carbonyl (C=O) groups is 1. The third-order valence-corrected chi connectivity index (χ3v) is 6.04. The number of pyridine rings is 1. The van der Waals surface area contributed by atoms with Gasteiger partial charge in [0, 0.05) is 29.1 Å². The maximum Gasteiger partial charge on any atom is 0.573 e. The van der Waals surface area contributed by atoms with E-state index >= 15 is 0 Å². The minimum Gasteiger partial charge on any atom is -0.478 e. The number of carbonyl (C=O) groups excluding carboxylic acids is 1. The molecule has 1 fully saturated rings. The van der Waals surface area contributed by atoms with Crippen molar-refractivity contribution in [3.63, 3.8) is 0 Å². The van der Waals surface area contributed by atoms with Crippen LogP contribution in [0.5, 0.6) is 11.6 Å². The molecule has 2 aromatic heterocycles. The zero-order valence-corrected chi connectivity index (χ0v) is 19.5. The summed E-state index contributed by atoms with van der Waals surface area (Å²) < 4.78 is 46.7. The maximum absolute atomic E-state index is 13.3. The number of tetrazole rings is 1. The number of ether oxygens (including phenoxy) is 2. The van der Waals surface area contributed by atoms with Crippen LogP contribution in [0.1, 0.15) is 25.3 Å². The molecular formula is C25H21F3N6O3. The molecule has 0 bridgehead atoms. The topological polar surface area (TPSA) is 115 Å². The normalized spacial score (nSPS) is 14.2. The average molecular weight is 510 g/mol. The summed E-state index contributed by atoms with van der Waals surface area (Å²) in [5.74, 6) is 0.318. The van der Waals surface area contributed by atoms with E-state index in [9.17, 15) is 18.0 Å². The van der Waals surface area contributed by atoms with Crippen LogP contribution in [0.4, 0.5) is 18.9 Å². The fourth-order valence-corrected chi connectivity index (χ4v) is 4.11. The fourth-order valence-electron chi connectivity index (χ4n) is 4.11. The standard InChI is InChI=1S/C25H21F3N6O3/c1-2-36-21-10-3-15(14-29-21)19-9-6-17(13-20(19)22-31-33-34-32-22)30-23(35)24(11-12-24)16-4-7-18(8-5-16)37-25(26,27)28/h3-10,13-14H,2,11-12H2,1H3,(H,30,35)(H,31,32,33,34). The molecule has 0 aliphatic heterocycles. The van der Waals surface area contributed by atoms with Gasteiger partial charge in [-0.2, -0.15) is 0 Å². The Morgan fingerprint density at radius 2 is 1.86 bits per heavy atom. The number of aromatic nitrogens is 5. The fraction of sp³-hybridized carbons (Fsp3) is 0.240. The second kappa shape index (κ2) is 9.52. The van der Waals surface area contributed by atoms with Crippen molar-refractivity contribution in [2.45, 2.75) is 31.5 Å². The molecule has 1 aliphatic carbocycles. The van der Waals surface area contributed by atoms with Crippen LogP contribution in [-0.2, 0) is 10.2 Å². The Morgan fingerprint density at radius 3 is 2.46 bits per heavy atom. The second-order valence-electron chi connectivity index (χ2n) is 8.44. The quantitative estimate of drug-likeness (QED) is 0.347. The Labute approximate surface area is 209 Å². The van der Waals surface area contributed by atoms with Crippen LogP contribution in [0.3, 0.4) is 0 Å². The van der Waals surface area contributed by atoms with Gasteiger partial charge in [0.1, 0.15) is 5.75 Å². The SMILES string of the molecule is CCOc1ccc(-c2ccc(NC(=O)C3(c4ccc(OC(F)(F)F)cc4)CC3)cc2-c2nnn[nH]2)cn1. The zero-order chi connectivity index (χ0) is 26.0. The smallest absolute Gasteiger partial charge is 0.478 e. The molecule has 1 amide bonds. The van der Waals surface area contributed by atoms with E-state index in [-0.39, 0.29) is 11.7 Å². The number of anilines is 1. The summed E-state index contributed by atoms with van der Waals surface area (Å²) >= 11 is 0. The molecule has 1 saturated carbocycles. The lowest BCUT2D eigenvalue weighted by Crippen LogP contribution is -2.27. The van der Waals surface area contributed by atoms with Gasteiger partial charge in [0.25, 0.3) is 0 Å². The Kier molecular flexibility index (Phi) is 6.24. The van der Waals surface area contributed by atoms with Crippen LogP contribution in [0.2, 0.25) is 0 Å². The van der Waals surface area contributed by atoms with E-state index in [2.05, 4.69) is 35.7 Å². The molecule has 9 nitrogen and oxygen atoms in total. The lowest BCUT2D eigenvalue weighted by atomic mass is 9.94. The van der Waals surface area contributed by atoms with Gasteiger partial charge >= 0.3 is 6.36 Å². The van der Waals surface area contributed by atoms with Crippen molar-refractivity contribution in [3.8, 4) is 34.1 Å². The third kappa shape index (κ3) is 5.22. The minimum absolute atomic E-state index is 0.255. The Bertz CT molecular complexity index is 1390. The number of nitrogens with one attached hydrogen (secondary N) is 2. The first-order chi connectivity index (χ1) is 17.8. The van der Waals surface area contributed by atoms with Gasteiger partial charge < -0.3 is 14.8 Å². The summed E-state index contributed by atoms with van der Waals surface area (Å²) in [7, 11) is 0. The molecule has 0 radical (unpaired) electrons.